The highest BCUT2D eigenvalue weighted by atomic mass is 16.3. The maximum atomic E-state index is 6.36. The lowest BCUT2D eigenvalue weighted by Crippen LogP contribution is -2.33. The molecule has 326 valence electrons. The van der Waals surface area contributed by atoms with E-state index in [9.17, 15) is 0 Å². The molecule has 13 aromatic rings. The van der Waals surface area contributed by atoms with Crippen LogP contribution in [0.15, 0.2) is 259 Å². The smallest absolute Gasteiger partial charge is 0.135 e. The second-order valence-corrected chi connectivity index (χ2v) is 18.7. The second-order valence-electron chi connectivity index (χ2n) is 18.7. The summed E-state index contributed by atoms with van der Waals surface area (Å²) in [4.78, 5) is 2.51. The monoisotopic (exact) mass is 890 g/mol. The van der Waals surface area contributed by atoms with Gasteiger partial charge in [-0.3, -0.25) is 0 Å². The molecule has 0 fully saturated rings. The fraction of sp³-hybridized carbons (Fsp3) is 0.0149. The van der Waals surface area contributed by atoms with Crippen molar-refractivity contribution in [2.24, 2.45) is 0 Å². The first-order valence-corrected chi connectivity index (χ1v) is 24.2. The summed E-state index contributed by atoms with van der Waals surface area (Å²) >= 11 is 0. The topological polar surface area (TPSA) is 21.3 Å². The van der Waals surface area contributed by atoms with Crippen molar-refractivity contribution in [1.82, 2.24) is 4.57 Å². The summed E-state index contributed by atoms with van der Waals surface area (Å²) in [6.45, 7) is 0. The number of hydrogen-bond acceptors (Lipinski definition) is 2. The normalized spacial score (nSPS) is 14.3. The van der Waals surface area contributed by atoms with Gasteiger partial charge in [-0.15, -0.1) is 0 Å². The number of aromatic nitrogens is 1. The first-order chi connectivity index (χ1) is 34.7. The third-order valence-corrected chi connectivity index (χ3v) is 15.2. The van der Waals surface area contributed by atoms with Crippen molar-refractivity contribution in [3.05, 3.63) is 277 Å². The van der Waals surface area contributed by atoms with Crippen molar-refractivity contribution in [3.8, 4) is 50.2 Å². The molecule has 3 nitrogen and oxygen atoms in total. The number of para-hydroxylation sites is 6. The van der Waals surface area contributed by atoms with E-state index in [1.165, 1.54) is 72.0 Å². The summed E-state index contributed by atoms with van der Waals surface area (Å²) in [7, 11) is 0. The number of furan rings is 1. The molecule has 1 aliphatic heterocycles. The molecule has 1 unspecified atom stereocenters. The zero-order chi connectivity index (χ0) is 45.9. The maximum Gasteiger partial charge on any atom is 0.135 e. The summed E-state index contributed by atoms with van der Waals surface area (Å²) in [5, 5.41) is 4.76. The van der Waals surface area contributed by atoms with E-state index in [4.69, 9.17) is 4.42 Å². The van der Waals surface area contributed by atoms with E-state index in [1.54, 1.807) is 0 Å². The van der Waals surface area contributed by atoms with Crippen molar-refractivity contribution in [1.29, 1.82) is 0 Å². The van der Waals surface area contributed by atoms with Crippen LogP contribution in [-0.4, -0.2) is 4.57 Å². The molecule has 0 bridgehead atoms. The fourth-order valence-electron chi connectivity index (χ4n) is 12.3. The molecular formula is C67H42N2O. The number of anilines is 3. The summed E-state index contributed by atoms with van der Waals surface area (Å²) in [5.41, 5.74) is 22.7. The minimum atomic E-state index is -0.607. The Balaban J connectivity index is 1.02. The lowest BCUT2D eigenvalue weighted by Gasteiger charge is -2.40. The van der Waals surface area contributed by atoms with Gasteiger partial charge in [0.05, 0.1) is 33.5 Å². The predicted octanol–water partition coefficient (Wildman–Crippen LogP) is 17.8. The molecule has 3 heteroatoms. The quantitative estimate of drug-likeness (QED) is 0.166. The molecule has 2 aliphatic rings. The van der Waals surface area contributed by atoms with Gasteiger partial charge in [-0.05, 0) is 116 Å². The van der Waals surface area contributed by atoms with Crippen molar-refractivity contribution in [3.63, 3.8) is 0 Å². The lowest BCUT2D eigenvalue weighted by atomic mass is 9.65. The van der Waals surface area contributed by atoms with Crippen molar-refractivity contribution < 1.29 is 4.42 Å². The van der Waals surface area contributed by atoms with Crippen LogP contribution in [0.4, 0.5) is 17.1 Å². The Morgan fingerprint density at radius 3 is 1.76 bits per heavy atom. The van der Waals surface area contributed by atoms with Crippen LogP contribution in [0.25, 0.3) is 93.9 Å². The van der Waals surface area contributed by atoms with Crippen LogP contribution >= 0.6 is 0 Å². The van der Waals surface area contributed by atoms with Crippen molar-refractivity contribution in [2.45, 2.75) is 5.41 Å². The van der Waals surface area contributed by atoms with Crippen LogP contribution in [-0.2, 0) is 5.41 Å². The molecular weight excluding hydrogens is 849 g/mol. The largest absolute Gasteiger partial charge is 0.456 e. The number of hydrogen-bond donors (Lipinski definition) is 0. The Kier molecular flexibility index (Phi) is 8.28. The van der Waals surface area contributed by atoms with Crippen LogP contribution in [0.2, 0.25) is 0 Å². The Bertz CT molecular complexity index is 4270. The van der Waals surface area contributed by atoms with Gasteiger partial charge in [0.2, 0.25) is 0 Å². The summed E-state index contributed by atoms with van der Waals surface area (Å²) < 4.78 is 8.88. The van der Waals surface area contributed by atoms with Crippen LogP contribution in [0.5, 0.6) is 0 Å². The molecule has 15 rings (SSSR count). The Labute approximate surface area is 405 Å². The Hall–Kier alpha value is -9.18. The first-order valence-electron chi connectivity index (χ1n) is 24.2. The van der Waals surface area contributed by atoms with E-state index < -0.39 is 5.41 Å². The van der Waals surface area contributed by atoms with E-state index in [1.807, 2.05) is 6.07 Å². The van der Waals surface area contributed by atoms with Gasteiger partial charge in [-0.2, -0.15) is 0 Å². The van der Waals surface area contributed by atoms with E-state index in [0.717, 1.165) is 61.3 Å². The highest BCUT2D eigenvalue weighted by Crippen LogP contribution is 2.62. The lowest BCUT2D eigenvalue weighted by molar-refractivity contribution is 0.669. The van der Waals surface area contributed by atoms with E-state index >= 15 is 0 Å². The van der Waals surface area contributed by atoms with Gasteiger partial charge < -0.3 is 13.9 Å². The molecule has 2 aromatic heterocycles. The number of fused-ring (bicyclic) bond motifs is 15. The molecule has 1 spiro atoms. The number of benzene rings is 11. The van der Waals surface area contributed by atoms with Gasteiger partial charge in [0.1, 0.15) is 11.2 Å². The zero-order valence-electron chi connectivity index (χ0n) is 38.1. The minimum absolute atomic E-state index is 0.607. The van der Waals surface area contributed by atoms with E-state index in [0.29, 0.717) is 0 Å². The van der Waals surface area contributed by atoms with Crippen LogP contribution in [0, 0.1) is 0 Å². The molecule has 0 saturated heterocycles. The van der Waals surface area contributed by atoms with Gasteiger partial charge in [-0.25, -0.2) is 0 Å². The summed E-state index contributed by atoms with van der Waals surface area (Å²) in [6, 6.07) is 93.9. The first kappa shape index (κ1) is 38.9. The molecule has 11 aromatic carbocycles. The average Bonchev–Trinajstić information content (AvgIpc) is 4.08. The number of rotatable bonds is 6. The SMILES string of the molecule is c1ccc(-c2cccc(-c3ccccc3N(c3ccc4c(c3)C3(c5ccccc5-4)c4ccccc4-n4c5ccccc5c5cccc3c54)c3ccccc3-c3ccc4oc5ccccc5c4c3)c2)cc1. The van der Waals surface area contributed by atoms with E-state index in [-0.39, 0.29) is 0 Å². The van der Waals surface area contributed by atoms with E-state index in [2.05, 4.69) is 258 Å². The molecule has 0 N–H and O–H groups in total. The zero-order valence-corrected chi connectivity index (χ0v) is 38.1. The standard InChI is InChI=1S/C67H42N2O/c1-2-18-43(19-3-1)44-20-16-21-45(40-44)48-22-5-11-31-60(48)68(61-32-12-6-23-49(61)46-36-39-65-55(41-46)53-26-8-15-35-64(53)70-65)47-37-38-51-50-24-4-9-28-56(50)67(59(51)42-47)57-29-10-14-34-63(57)69-62-33-13-7-25-52(62)54-27-17-30-58(67)66(54)69/h1-42H. The van der Waals surface area contributed by atoms with Crippen LogP contribution in [0.3, 0.4) is 0 Å². The van der Waals surface area contributed by atoms with Gasteiger partial charge in [0.15, 0.2) is 0 Å². The highest BCUT2D eigenvalue weighted by molar-refractivity contribution is 6.13. The highest BCUT2D eigenvalue weighted by Gasteiger charge is 2.51. The van der Waals surface area contributed by atoms with Crippen LogP contribution < -0.4 is 4.90 Å². The van der Waals surface area contributed by atoms with Gasteiger partial charge in [0, 0.05) is 38.4 Å². The third kappa shape index (κ3) is 5.40. The summed E-state index contributed by atoms with van der Waals surface area (Å²) in [6.07, 6.45) is 0. The van der Waals surface area contributed by atoms with Crippen LogP contribution in [0.1, 0.15) is 22.3 Å². The molecule has 0 amide bonds. The molecule has 1 aliphatic carbocycles. The molecule has 70 heavy (non-hydrogen) atoms. The molecule has 0 saturated carbocycles. The van der Waals surface area contributed by atoms with Gasteiger partial charge in [0.25, 0.3) is 0 Å². The summed E-state index contributed by atoms with van der Waals surface area (Å²) in [5.74, 6) is 0. The maximum absolute atomic E-state index is 6.36. The fourth-order valence-corrected chi connectivity index (χ4v) is 12.3. The van der Waals surface area contributed by atoms with Crippen molar-refractivity contribution >= 4 is 60.8 Å². The predicted molar refractivity (Wildman–Crippen MR) is 290 cm³/mol. The molecule has 1 atom stereocenters. The third-order valence-electron chi connectivity index (χ3n) is 15.2. The molecule has 0 radical (unpaired) electrons. The number of nitrogens with zero attached hydrogens (tertiary/aromatic N) is 2. The van der Waals surface area contributed by atoms with Crippen molar-refractivity contribution in [2.75, 3.05) is 4.90 Å². The van der Waals surface area contributed by atoms with Gasteiger partial charge >= 0.3 is 0 Å². The second kappa shape index (κ2) is 14.9. The van der Waals surface area contributed by atoms with Gasteiger partial charge in [-0.1, -0.05) is 194 Å². The Morgan fingerprint density at radius 2 is 0.914 bits per heavy atom. The Morgan fingerprint density at radius 1 is 0.329 bits per heavy atom. The molecule has 3 heterocycles. The average molecular weight is 891 g/mol. The minimum Gasteiger partial charge on any atom is -0.456 e.